The Bertz CT molecular complexity index is 136. The van der Waals surface area contributed by atoms with E-state index in [-0.39, 0.29) is 0 Å². The fraction of sp³-hybridized carbons (Fsp3) is 0.667. The molecule has 0 aromatic heterocycles. The number of rotatable bonds is 8. The van der Waals surface area contributed by atoms with Crippen LogP contribution in [-0.2, 0) is 0 Å². The lowest BCUT2D eigenvalue weighted by atomic mass is 10.1. The first-order chi connectivity index (χ1) is 6.41. The first-order valence-electron chi connectivity index (χ1n) is 5.39. The zero-order valence-electron chi connectivity index (χ0n) is 8.84. The first-order valence-corrected chi connectivity index (χ1v) is 5.39. The van der Waals surface area contributed by atoms with Gasteiger partial charge in [0.15, 0.2) is 0 Å². The molecular weight excluding hydrogens is 158 g/mol. The van der Waals surface area contributed by atoms with Gasteiger partial charge in [0.25, 0.3) is 0 Å². The Morgan fingerprint density at radius 3 is 2.31 bits per heavy atom. The molecule has 0 saturated carbocycles. The maximum atomic E-state index is 5.41. The molecule has 1 heteroatoms. The second-order valence-corrected chi connectivity index (χ2v) is 3.30. The lowest BCUT2D eigenvalue weighted by molar-refractivity contribution is 0.622. The van der Waals surface area contributed by atoms with Crippen molar-refractivity contribution in [1.82, 2.24) is 0 Å². The molecular formula is C12H23N. The first kappa shape index (κ1) is 12.4. The van der Waals surface area contributed by atoms with E-state index in [4.69, 9.17) is 5.73 Å². The molecule has 0 atom stereocenters. The number of hydrogen-bond acceptors (Lipinski definition) is 1. The van der Waals surface area contributed by atoms with E-state index >= 15 is 0 Å². The van der Waals surface area contributed by atoms with E-state index in [2.05, 4.69) is 24.3 Å². The lowest BCUT2D eigenvalue weighted by Crippen LogP contribution is -1.97. The molecule has 0 amide bonds. The number of allylic oxidation sites excluding steroid dienone is 4. The average molecular weight is 181 g/mol. The van der Waals surface area contributed by atoms with Gasteiger partial charge in [-0.05, 0) is 32.7 Å². The summed E-state index contributed by atoms with van der Waals surface area (Å²) < 4.78 is 0. The fourth-order valence-electron chi connectivity index (χ4n) is 1.22. The second-order valence-electron chi connectivity index (χ2n) is 3.30. The van der Waals surface area contributed by atoms with Crippen molar-refractivity contribution in [3.05, 3.63) is 24.3 Å². The van der Waals surface area contributed by atoms with Crippen LogP contribution in [0, 0.1) is 0 Å². The molecule has 0 aliphatic rings. The molecule has 0 spiro atoms. The maximum Gasteiger partial charge on any atom is -0.00773 e. The van der Waals surface area contributed by atoms with E-state index in [0.29, 0.717) is 0 Å². The Hall–Kier alpha value is -0.560. The van der Waals surface area contributed by atoms with E-state index in [1.807, 2.05) is 6.92 Å². The van der Waals surface area contributed by atoms with Crippen molar-refractivity contribution in [3.8, 4) is 0 Å². The van der Waals surface area contributed by atoms with Gasteiger partial charge >= 0.3 is 0 Å². The summed E-state index contributed by atoms with van der Waals surface area (Å²) in [5, 5.41) is 0. The summed E-state index contributed by atoms with van der Waals surface area (Å²) in [5.74, 6) is 0. The Labute approximate surface area is 82.7 Å². The fourth-order valence-corrected chi connectivity index (χ4v) is 1.22. The lowest BCUT2D eigenvalue weighted by Gasteiger charge is -1.97. The minimum absolute atomic E-state index is 0.848. The van der Waals surface area contributed by atoms with Crippen LogP contribution in [0.4, 0.5) is 0 Å². The third-order valence-corrected chi connectivity index (χ3v) is 2.01. The molecule has 0 aromatic rings. The van der Waals surface area contributed by atoms with Gasteiger partial charge in [-0.15, -0.1) is 0 Å². The van der Waals surface area contributed by atoms with Gasteiger partial charge in [-0.25, -0.2) is 0 Å². The second kappa shape index (κ2) is 11.4. The minimum atomic E-state index is 0.848. The Kier molecular flexibility index (Phi) is 10.9. The molecule has 13 heavy (non-hydrogen) atoms. The van der Waals surface area contributed by atoms with Crippen molar-refractivity contribution in [1.29, 1.82) is 0 Å². The van der Waals surface area contributed by atoms with Crippen molar-refractivity contribution >= 4 is 0 Å². The van der Waals surface area contributed by atoms with Crippen molar-refractivity contribution in [3.63, 3.8) is 0 Å². The van der Waals surface area contributed by atoms with E-state index in [9.17, 15) is 0 Å². The summed E-state index contributed by atoms with van der Waals surface area (Å²) in [6.45, 7) is 2.89. The molecule has 0 radical (unpaired) electrons. The van der Waals surface area contributed by atoms with Gasteiger partial charge in [0.2, 0.25) is 0 Å². The Morgan fingerprint density at radius 2 is 1.62 bits per heavy atom. The smallest absolute Gasteiger partial charge is 0.00773 e. The standard InChI is InChI=1S/C12H23N/c1-2-3-4-5-6-7-8-9-10-11-12-13/h2-5H,6-13H2,1H3/b3-2+,5-4+. The summed E-state index contributed by atoms with van der Waals surface area (Å²) in [7, 11) is 0. The van der Waals surface area contributed by atoms with Crippen LogP contribution in [0.15, 0.2) is 24.3 Å². The molecule has 0 rings (SSSR count). The van der Waals surface area contributed by atoms with Crippen LogP contribution in [0.5, 0.6) is 0 Å². The highest BCUT2D eigenvalue weighted by Gasteiger charge is 1.87. The van der Waals surface area contributed by atoms with Gasteiger partial charge < -0.3 is 5.73 Å². The molecule has 76 valence electrons. The summed E-state index contributed by atoms with van der Waals surface area (Å²) in [6, 6.07) is 0. The predicted octanol–water partition coefficient (Wildman–Crippen LogP) is 3.42. The third-order valence-electron chi connectivity index (χ3n) is 2.01. The maximum absolute atomic E-state index is 5.41. The highest BCUT2D eigenvalue weighted by Crippen LogP contribution is 2.05. The van der Waals surface area contributed by atoms with Crippen LogP contribution in [0.25, 0.3) is 0 Å². The largest absolute Gasteiger partial charge is 0.330 e. The van der Waals surface area contributed by atoms with Gasteiger partial charge in [-0.2, -0.15) is 0 Å². The Morgan fingerprint density at radius 1 is 0.923 bits per heavy atom. The van der Waals surface area contributed by atoms with Crippen LogP contribution in [-0.4, -0.2) is 6.54 Å². The number of unbranched alkanes of at least 4 members (excludes halogenated alkanes) is 5. The van der Waals surface area contributed by atoms with Gasteiger partial charge in [0, 0.05) is 0 Å². The van der Waals surface area contributed by atoms with Crippen molar-refractivity contribution in [2.75, 3.05) is 6.54 Å². The van der Waals surface area contributed by atoms with Crippen molar-refractivity contribution in [2.45, 2.75) is 45.4 Å². The third kappa shape index (κ3) is 11.4. The van der Waals surface area contributed by atoms with E-state index in [0.717, 1.165) is 6.54 Å². The molecule has 0 fully saturated rings. The van der Waals surface area contributed by atoms with Crippen LogP contribution < -0.4 is 5.73 Å². The molecule has 0 heterocycles. The molecule has 0 aliphatic heterocycles. The quantitative estimate of drug-likeness (QED) is 0.450. The van der Waals surface area contributed by atoms with Gasteiger partial charge in [-0.3, -0.25) is 0 Å². The molecule has 0 aromatic carbocycles. The summed E-state index contributed by atoms with van der Waals surface area (Å²) in [6.07, 6.45) is 16.2. The SMILES string of the molecule is C/C=C/C=C/CCCCCCCN. The number of nitrogens with two attached hydrogens (primary N) is 1. The monoisotopic (exact) mass is 181 g/mol. The average Bonchev–Trinajstić information content (AvgIpc) is 2.16. The van der Waals surface area contributed by atoms with Gasteiger partial charge in [-0.1, -0.05) is 43.6 Å². The minimum Gasteiger partial charge on any atom is -0.330 e. The number of hydrogen-bond donors (Lipinski definition) is 1. The van der Waals surface area contributed by atoms with Crippen LogP contribution in [0.1, 0.15) is 45.4 Å². The molecule has 0 unspecified atom stereocenters. The van der Waals surface area contributed by atoms with Crippen LogP contribution in [0.2, 0.25) is 0 Å². The Balaban J connectivity index is 2.99. The van der Waals surface area contributed by atoms with Crippen molar-refractivity contribution in [2.24, 2.45) is 5.73 Å². The highest BCUT2D eigenvalue weighted by atomic mass is 14.5. The molecule has 1 nitrogen and oxygen atoms in total. The van der Waals surface area contributed by atoms with E-state index in [1.165, 1.54) is 38.5 Å². The van der Waals surface area contributed by atoms with Gasteiger partial charge in [0.05, 0.1) is 0 Å². The molecule has 0 saturated heterocycles. The topological polar surface area (TPSA) is 26.0 Å². The van der Waals surface area contributed by atoms with Gasteiger partial charge in [0.1, 0.15) is 0 Å². The summed E-state index contributed by atoms with van der Waals surface area (Å²) in [5.41, 5.74) is 5.41. The molecule has 2 N–H and O–H groups in total. The summed E-state index contributed by atoms with van der Waals surface area (Å²) >= 11 is 0. The van der Waals surface area contributed by atoms with Crippen LogP contribution >= 0.6 is 0 Å². The normalized spacial score (nSPS) is 11.8. The zero-order valence-corrected chi connectivity index (χ0v) is 8.84. The highest BCUT2D eigenvalue weighted by molar-refractivity contribution is 5.00. The van der Waals surface area contributed by atoms with E-state index < -0.39 is 0 Å². The molecule has 0 bridgehead atoms. The van der Waals surface area contributed by atoms with Crippen molar-refractivity contribution < 1.29 is 0 Å². The summed E-state index contributed by atoms with van der Waals surface area (Å²) in [4.78, 5) is 0. The molecule has 0 aliphatic carbocycles. The zero-order chi connectivity index (χ0) is 9.78. The van der Waals surface area contributed by atoms with E-state index in [1.54, 1.807) is 0 Å². The predicted molar refractivity (Wildman–Crippen MR) is 60.7 cm³/mol. The van der Waals surface area contributed by atoms with Crippen LogP contribution in [0.3, 0.4) is 0 Å².